The second kappa shape index (κ2) is 5.37. The highest BCUT2D eigenvalue weighted by Gasteiger charge is 2.49. The van der Waals surface area contributed by atoms with Crippen LogP contribution in [0, 0.1) is 11.3 Å². The van der Waals surface area contributed by atoms with E-state index in [1.54, 1.807) is 0 Å². The fourth-order valence-corrected chi connectivity index (χ4v) is 3.36. The molecule has 2 aliphatic rings. The van der Waals surface area contributed by atoms with Gasteiger partial charge in [-0.2, -0.15) is 0 Å². The van der Waals surface area contributed by atoms with Crippen molar-refractivity contribution in [2.45, 2.75) is 65.6 Å². The van der Waals surface area contributed by atoms with Gasteiger partial charge in [0, 0.05) is 17.9 Å². The Morgan fingerprint density at radius 3 is 2.63 bits per heavy atom. The third-order valence-electron chi connectivity index (χ3n) is 5.18. The molecule has 0 amide bonds. The van der Waals surface area contributed by atoms with Crippen molar-refractivity contribution < 1.29 is 14.6 Å². The molecule has 1 aliphatic carbocycles. The van der Waals surface area contributed by atoms with Gasteiger partial charge < -0.3 is 9.84 Å². The summed E-state index contributed by atoms with van der Waals surface area (Å²) in [4.78, 5) is 12.6. The topological polar surface area (TPSA) is 46.5 Å². The van der Waals surface area contributed by atoms with Gasteiger partial charge in [0.25, 0.3) is 0 Å². The Morgan fingerprint density at radius 1 is 1.42 bits per heavy atom. The molecule has 0 aromatic carbocycles. The van der Waals surface area contributed by atoms with Crippen LogP contribution in [0.4, 0.5) is 0 Å². The van der Waals surface area contributed by atoms with E-state index in [0.29, 0.717) is 25.4 Å². The third kappa shape index (κ3) is 2.27. The van der Waals surface area contributed by atoms with Crippen molar-refractivity contribution in [1.82, 2.24) is 0 Å². The van der Waals surface area contributed by atoms with Crippen LogP contribution in [0.3, 0.4) is 0 Å². The summed E-state index contributed by atoms with van der Waals surface area (Å²) in [6.07, 6.45) is 3.04. The average Bonchev–Trinajstić information content (AvgIpc) is 2.85. The molecule has 2 fully saturated rings. The zero-order chi connectivity index (χ0) is 14.2. The van der Waals surface area contributed by atoms with Crippen LogP contribution in [0.15, 0.2) is 11.1 Å². The second-order valence-corrected chi connectivity index (χ2v) is 6.25. The summed E-state index contributed by atoms with van der Waals surface area (Å²) in [6, 6.07) is 0. The molecule has 0 radical (unpaired) electrons. The first-order valence-corrected chi connectivity index (χ1v) is 7.52. The Labute approximate surface area is 116 Å². The first-order chi connectivity index (χ1) is 8.95. The van der Waals surface area contributed by atoms with E-state index in [1.807, 2.05) is 13.8 Å². The van der Waals surface area contributed by atoms with Crippen molar-refractivity contribution in [2.75, 3.05) is 6.61 Å². The number of aliphatic hydroxyl groups is 1. The Kier molecular flexibility index (Phi) is 4.17. The molecular formula is C16H26O3. The number of aliphatic hydroxyl groups excluding tert-OH is 1. The maximum Gasteiger partial charge on any atom is 0.167 e. The van der Waals surface area contributed by atoms with Crippen molar-refractivity contribution in [3.05, 3.63) is 11.1 Å². The van der Waals surface area contributed by atoms with Crippen LogP contribution in [0.1, 0.15) is 53.4 Å². The molecule has 0 unspecified atom stereocenters. The fourth-order valence-electron chi connectivity index (χ4n) is 3.36. The molecule has 0 spiro atoms. The summed E-state index contributed by atoms with van der Waals surface area (Å²) >= 11 is 0. The minimum Gasteiger partial charge on any atom is -0.392 e. The minimum absolute atomic E-state index is 0.144. The van der Waals surface area contributed by atoms with Gasteiger partial charge in [-0.05, 0) is 25.3 Å². The standard InChI is InChI=1S/C16H26O3/c1-5-7-13-10(3)12(9-19-13)11-8-14(17)16(4,6-2)15(11)18/h10,13-14,17H,5-9H2,1-4H3/b12-11+/t10-,13+,14+,16-/m1/s1. The monoisotopic (exact) mass is 266 g/mol. The molecule has 1 saturated carbocycles. The highest BCUT2D eigenvalue weighted by molar-refractivity contribution is 6.03. The Balaban J connectivity index is 2.28. The van der Waals surface area contributed by atoms with Gasteiger partial charge in [0.05, 0.1) is 24.2 Å². The number of rotatable bonds is 3. The molecule has 1 aliphatic heterocycles. The van der Waals surface area contributed by atoms with E-state index in [-0.39, 0.29) is 11.9 Å². The number of carbonyl (C=O) groups is 1. The van der Waals surface area contributed by atoms with E-state index in [0.717, 1.165) is 24.0 Å². The summed E-state index contributed by atoms with van der Waals surface area (Å²) in [6.45, 7) is 8.73. The molecule has 1 N–H and O–H groups in total. The summed E-state index contributed by atoms with van der Waals surface area (Å²) in [5.74, 6) is 0.454. The van der Waals surface area contributed by atoms with Crippen LogP contribution < -0.4 is 0 Å². The maximum atomic E-state index is 12.6. The molecule has 1 saturated heterocycles. The molecule has 3 nitrogen and oxygen atoms in total. The molecule has 0 bridgehead atoms. The summed E-state index contributed by atoms with van der Waals surface area (Å²) in [7, 11) is 0. The molecule has 19 heavy (non-hydrogen) atoms. The molecule has 4 atom stereocenters. The lowest BCUT2D eigenvalue weighted by molar-refractivity contribution is -0.126. The number of ketones is 1. The SMILES string of the molecule is CCC[C@@H]1OC/C(=C2/C[C@H](O)[C@@](C)(CC)C2=O)[C@H]1C. The van der Waals surface area contributed by atoms with Gasteiger partial charge in [0.15, 0.2) is 5.78 Å². The third-order valence-corrected chi connectivity index (χ3v) is 5.18. The number of hydrogen-bond acceptors (Lipinski definition) is 3. The quantitative estimate of drug-likeness (QED) is 0.799. The number of ether oxygens (including phenoxy) is 1. The first kappa shape index (κ1) is 14.7. The normalized spacial score (nSPS) is 43.2. The van der Waals surface area contributed by atoms with E-state index in [2.05, 4.69) is 13.8 Å². The largest absolute Gasteiger partial charge is 0.392 e. The van der Waals surface area contributed by atoms with Gasteiger partial charge in [0.1, 0.15) is 0 Å². The van der Waals surface area contributed by atoms with E-state index in [9.17, 15) is 9.90 Å². The predicted molar refractivity (Wildman–Crippen MR) is 74.9 cm³/mol. The zero-order valence-corrected chi connectivity index (χ0v) is 12.5. The van der Waals surface area contributed by atoms with Gasteiger partial charge in [-0.1, -0.05) is 27.2 Å². The van der Waals surface area contributed by atoms with E-state index < -0.39 is 11.5 Å². The lowest BCUT2D eigenvalue weighted by atomic mass is 9.82. The highest BCUT2D eigenvalue weighted by Crippen LogP contribution is 2.44. The van der Waals surface area contributed by atoms with Crippen molar-refractivity contribution in [3.8, 4) is 0 Å². The van der Waals surface area contributed by atoms with Gasteiger partial charge in [-0.3, -0.25) is 4.79 Å². The van der Waals surface area contributed by atoms with Gasteiger partial charge in [-0.15, -0.1) is 0 Å². The molecule has 108 valence electrons. The van der Waals surface area contributed by atoms with Crippen molar-refractivity contribution in [2.24, 2.45) is 11.3 Å². The number of carbonyl (C=O) groups excluding carboxylic acids is 1. The van der Waals surface area contributed by atoms with Crippen molar-refractivity contribution in [3.63, 3.8) is 0 Å². The summed E-state index contributed by atoms with van der Waals surface area (Å²) in [5.41, 5.74) is 1.40. The lowest BCUT2D eigenvalue weighted by Gasteiger charge is -2.23. The van der Waals surface area contributed by atoms with Crippen molar-refractivity contribution in [1.29, 1.82) is 0 Å². The zero-order valence-electron chi connectivity index (χ0n) is 12.5. The Hall–Kier alpha value is -0.670. The van der Waals surface area contributed by atoms with Crippen LogP contribution in [-0.2, 0) is 9.53 Å². The number of hydrogen-bond donors (Lipinski definition) is 1. The average molecular weight is 266 g/mol. The summed E-state index contributed by atoms with van der Waals surface area (Å²) in [5, 5.41) is 10.2. The molecule has 0 aromatic rings. The predicted octanol–water partition coefficient (Wildman–Crippen LogP) is 2.87. The van der Waals surface area contributed by atoms with Crippen molar-refractivity contribution >= 4 is 5.78 Å². The molecular weight excluding hydrogens is 240 g/mol. The molecule has 3 heteroatoms. The van der Waals surface area contributed by atoms with E-state index in [1.165, 1.54) is 0 Å². The molecule has 2 rings (SSSR count). The summed E-state index contributed by atoms with van der Waals surface area (Å²) < 4.78 is 5.82. The van der Waals surface area contributed by atoms with Crippen LogP contribution in [0.2, 0.25) is 0 Å². The van der Waals surface area contributed by atoms with Crippen LogP contribution in [-0.4, -0.2) is 29.7 Å². The minimum atomic E-state index is -0.592. The van der Waals surface area contributed by atoms with Gasteiger partial charge in [0.2, 0.25) is 0 Å². The first-order valence-electron chi connectivity index (χ1n) is 7.52. The number of Topliss-reactive ketones (excluding diaryl/α,β-unsaturated/α-hetero) is 1. The lowest BCUT2D eigenvalue weighted by Crippen LogP contribution is -2.32. The highest BCUT2D eigenvalue weighted by atomic mass is 16.5. The fraction of sp³-hybridized carbons (Fsp3) is 0.812. The molecule has 1 heterocycles. The van der Waals surface area contributed by atoms with Crippen LogP contribution in [0.25, 0.3) is 0 Å². The molecule has 0 aromatic heterocycles. The maximum absolute atomic E-state index is 12.6. The van der Waals surface area contributed by atoms with Gasteiger partial charge in [-0.25, -0.2) is 0 Å². The van der Waals surface area contributed by atoms with Gasteiger partial charge >= 0.3 is 0 Å². The van der Waals surface area contributed by atoms with Crippen LogP contribution >= 0.6 is 0 Å². The second-order valence-electron chi connectivity index (χ2n) is 6.25. The van der Waals surface area contributed by atoms with E-state index in [4.69, 9.17) is 4.74 Å². The Bertz CT molecular complexity index is 399. The smallest absolute Gasteiger partial charge is 0.167 e. The van der Waals surface area contributed by atoms with E-state index >= 15 is 0 Å². The Morgan fingerprint density at radius 2 is 2.11 bits per heavy atom. The van der Waals surface area contributed by atoms with Crippen LogP contribution in [0.5, 0.6) is 0 Å².